The lowest BCUT2D eigenvalue weighted by atomic mass is 10.1. The molecule has 0 saturated heterocycles. The molecular weight excluding hydrogens is 338 g/mol. The topological polar surface area (TPSA) is 38.3 Å². The third-order valence-corrected chi connectivity index (χ3v) is 4.57. The highest BCUT2D eigenvalue weighted by Crippen LogP contribution is 2.28. The first-order chi connectivity index (χ1) is 9.14. The van der Waals surface area contributed by atoms with Gasteiger partial charge in [-0.05, 0) is 64.1 Å². The first kappa shape index (κ1) is 17.4. The summed E-state index contributed by atoms with van der Waals surface area (Å²) in [7, 11) is 0. The first-order valence-corrected chi connectivity index (χ1v) is 8.50. The zero-order chi connectivity index (χ0) is 15.5. The second kappa shape index (κ2) is 6.85. The Hall–Kier alpha value is -0.680. The van der Waals surface area contributed by atoms with Crippen LogP contribution in [0.15, 0.2) is 16.6 Å². The Balaban J connectivity index is 2.86. The predicted octanol–water partition coefficient (Wildman–Crippen LogP) is 4.05. The number of hydrogen-bond donors (Lipinski definition) is 1. The number of halogens is 1. The Bertz CT molecular complexity index is 474. The Morgan fingerprint density at radius 3 is 2.20 bits per heavy atom. The van der Waals surface area contributed by atoms with Crippen LogP contribution in [0.5, 0.6) is 5.75 Å². The molecule has 0 saturated carbocycles. The van der Waals surface area contributed by atoms with Crippen LogP contribution in [-0.4, -0.2) is 23.1 Å². The van der Waals surface area contributed by atoms with E-state index in [2.05, 4.69) is 21.2 Å². The van der Waals surface area contributed by atoms with Gasteiger partial charge in [0.15, 0.2) is 0 Å². The molecule has 1 unspecified atom stereocenters. The lowest BCUT2D eigenvalue weighted by Gasteiger charge is -2.24. The number of hydrogen-bond acceptors (Lipinski definition) is 3. The highest BCUT2D eigenvalue weighted by atomic mass is 79.9. The Kier molecular flexibility index (Phi) is 5.95. The zero-order valence-electron chi connectivity index (χ0n) is 12.8. The van der Waals surface area contributed by atoms with E-state index in [0.717, 1.165) is 15.6 Å². The van der Waals surface area contributed by atoms with Crippen LogP contribution < -0.4 is 10.1 Å². The number of carbonyl (C=O) groups is 1. The predicted molar refractivity (Wildman–Crippen MR) is 89.4 cm³/mol. The van der Waals surface area contributed by atoms with Crippen molar-refractivity contribution in [3.8, 4) is 5.75 Å². The molecular formula is C15H22BrNO2S. The van der Waals surface area contributed by atoms with E-state index in [-0.39, 0.29) is 11.4 Å². The molecule has 0 aliphatic heterocycles. The van der Waals surface area contributed by atoms with Crippen molar-refractivity contribution in [2.24, 2.45) is 0 Å². The van der Waals surface area contributed by atoms with E-state index >= 15 is 0 Å². The second-order valence-corrected chi connectivity index (χ2v) is 7.49. The summed E-state index contributed by atoms with van der Waals surface area (Å²) < 4.78 is 6.89. The van der Waals surface area contributed by atoms with Crippen molar-refractivity contribution in [2.45, 2.75) is 45.6 Å². The van der Waals surface area contributed by atoms with Crippen LogP contribution in [0.1, 0.15) is 31.9 Å². The number of amides is 1. The molecule has 0 aromatic heterocycles. The number of ether oxygens (including phenoxy) is 1. The van der Waals surface area contributed by atoms with Gasteiger partial charge in [0.25, 0.3) is 5.91 Å². The van der Waals surface area contributed by atoms with Gasteiger partial charge in [0, 0.05) is 10.0 Å². The van der Waals surface area contributed by atoms with E-state index in [1.807, 2.05) is 53.0 Å². The van der Waals surface area contributed by atoms with Crippen LogP contribution in [0.3, 0.4) is 0 Å². The third-order valence-electron chi connectivity index (χ3n) is 2.58. The van der Waals surface area contributed by atoms with E-state index in [1.165, 1.54) is 11.8 Å². The molecule has 1 N–H and O–H groups in total. The van der Waals surface area contributed by atoms with Gasteiger partial charge in [0.1, 0.15) is 5.75 Å². The minimum absolute atomic E-state index is 0.108. The highest BCUT2D eigenvalue weighted by molar-refractivity contribution is 9.10. The fraction of sp³-hybridized carbons (Fsp3) is 0.533. The van der Waals surface area contributed by atoms with Gasteiger partial charge >= 0.3 is 0 Å². The molecule has 0 aliphatic rings. The van der Waals surface area contributed by atoms with Gasteiger partial charge in [-0.1, -0.05) is 15.9 Å². The molecule has 112 valence electrons. The van der Waals surface area contributed by atoms with E-state index < -0.39 is 5.44 Å². The molecule has 0 aliphatic carbocycles. The summed E-state index contributed by atoms with van der Waals surface area (Å²) >= 11 is 4.91. The molecule has 1 aromatic carbocycles. The normalized spacial score (nSPS) is 12.9. The lowest BCUT2D eigenvalue weighted by Crippen LogP contribution is -2.46. The number of thioether (sulfide) groups is 1. The Morgan fingerprint density at radius 1 is 1.30 bits per heavy atom. The molecule has 0 radical (unpaired) electrons. The average Bonchev–Trinajstić information content (AvgIpc) is 2.30. The lowest BCUT2D eigenvalue weighted by molar-refractivity contribution is -0.125. The maximum atomic E-state index is 12.2. The monoisotopic (exact) mass is 359 g/mol. The van der Waals surface area contributed by atoms with Crippen LogP contribution in [0, 0.1) is 13.8 Å². The van der Waals surface area contributed by atoms with Gasteiger partial charge in [-0.25, -0.2) is 0 Å². The minimum Gasteiger partial charge on any atom is -0.470 e. The van der Waals surface area contributed by atoms with E-state index in [9.17, 15) is 4.79 Å². The molecule has 20 heavy (non-hydrogen) atoms. The summed E-state index contributed by atoms with van der Waals surface area (Å²) in [6.45, 7) is 9.88. The van der Waals surface area contributed by atoms with Crippen molar-refractivity contribution < 1.29 is 9.53 Å². The fourth-order valence-corrected chi connectivity index (χ4v) is 2.44. The summed E-state index contributed by atoms with van der Waals surface area (Å²) in [4.78, 5) is 12.2. The van der Waals surface area contributed by atoms with Crippen molar-refractivity contribution in [3.05, 3.63) is 27.7 Å². The Labute approximate surface area is 134 Å². The van der Waals surface area contributed by atoms with E-state index in [1.54, 1.807) is 0 Å². The largest absolute Gasteiger partial charge is 0.470 e. The van der Waals surface area contributed by atoms with Gasteiger partial charge in [-0.15, -0.1) is 11.8 Å². The summed E-state index contributed by atoms with van der Waals surface area (Å²) in [5.41, 5.74) is 1.38. The standard InChI is InChI=1S/C15H22BrNO2S/c1-9-7-11(8-10(2)12(9)16)19-14(20-6)13(18)17-15(3,4)5/h7-8,14H,1-6H3,(H,17,18). The SMILES string of the molecule is CSC(Oc1cc(C)c(Br)c(C)c1)C(=O)NC(C)(C)C. The van der Waals surface area contributed by atoms with Gasteiger partial charge in [0.2, 0.25) is 5.44 Å². The molecule has 5 heteroatoms. The van der Waals surface area contributed by atoms with Crippen LogP contribution in [0.2, 0.25) is 0 Å². The van der Waals surface area contributed by atoms with Gasteiger partial charge in [0.05, 0.1) is 0 Å². The molecule has 0 spiro atoms. The smallest absolute Gasteiger partial charge is 0.272 e. The third kappa shape index (κ3) is 5.02. The molecule has 0 heterocycles. The van der Waals surface area contributed by atoms with Gasteiger partial charge < -0.3 is 10.1 Å². The second-order valence-electron chi connectivity index (χ2n) is 5.80. The summed E-state index contributed by atoms with van der Waals surface area (Å²) in [5, 5.41) is 2.94. The average molecular weight is 360 g/mol. The number of nitrogens with one attached hydrogen (secondary N) is 1. The maximum absolute atomic E-state index is 12.2. The van der Waals surface area contributed by atoms with Crippen molar-refractivity contribution in [2.75, 3.05) is 6.26 Å². The fourth-order valence-electron chi connectivity index (χ4n) is 1.74. The number of aryl methyl sites for hydroxylation is 2. The number of benzene rings is 1. The van der Waals surface area contributed by atoms with Gasteiger partial charge in [-0.2, -0.15) is 0 Å². The highest BCUT2D eigenvalue weighted by Gasteiger charge is 2.24. The van der Waals surface area contributed by atoms with Crippen LogP contribution in [-0.2, 0) is 4.79 Å². The van der Waals surface area contributed by atoms with Crippen molar-refractivity contribution in [3.63, 3.8) is 0 Å². The molecule has 0 bridgehead atoms. The minimum atomic E-state index is -0.547. The molecule has 3 nitrogen and oxygen atoms in total. The number of rotatable bonds is 4. The molecule has 1 aromatic rings. The van der Waals surface area contributed by atoms with Crippen LogP contribution in [0.25, 0.3) is 0 Å². The molecule has 1 atom stereocenters. The van der Waals surface area contributed by atoms with E-state index in [4.69, 9.17) is 4.74 Å². The molecule has 0 fully saturated rings. The molecule has 1 rings (SSSR count). The quantitative estimate of drug-likeness (QED) is 0.824. The first-order valence-electron chi connectivity index (χ1n) is 6.42. The summed E-state index contributed by atoms with van der Waals surface area (Å²) in [6, 6.07) is 3.87. The molecule has 1 amide bonds. The van der Waals surface area contributed by atoms with Crippen molar-refractivity contribution in [1.29, 1.82) is 0 Å². The van der Waals surface area contributed by atoms with Gasteiger partial charge in [-0.3, -0.25) is 4.79 Å². The maximum Gasteiger partial charge on any atom is 0.272 e. The van der Waals surface area contributed by atoms with Crippen molar-refractivity contribution in [1.82, 2.24) is 5.32 Å². The number of carbonyl (C=O) groups excluding carboxylic acids is 1. The Morgan fingerprint density at radius 2 is 1.80 bits per heavy atom. The van der Waals surface area contributed by atoms with Crippen LogP contribution >= 0.6 is 27.7 Å². The van der Waals surface area contributed by atoms with Crippen molar-refractivity contribution >= 4 is 33.6 Å². The zero-order valence-corrected chi connectivity index (χ0v) is 15.2. The summed E-state index contributed by atoms with van der Waals surface area (Å²) in [5.74, 6) is 0.606. The van der Waals surface area contributed by atoms with Crippen LogP contribution in [0.4, 0.5) is 0 Å². The van der Waals surface area contributed by atoms with E-state index in [0.29, 0.717) is 5.75 Å². The summed E-state index contributed by atoms with van der Waals surface area (Å²) in [6.07, 6.45) is 1.87.